The van der Waals surface area contributed by atoms with E-state index in [9.17, 15) is 34.8 Å². The smallest absolute Gasteiger partial charge is 0.255 e. The van der Waals surface area contributed by atoms with E-state index in [1.54, 1.807) is 39.2 Å². The fourth-order valence-electron chi connectivity index (χ4n) is 5.80. The predicted octanol–water partition coefficient (Wildman–Crippen LogP) is 0.519. The monoisotopic (exact) mass is 484 g/mol. The van der Waals surface area contributed by atoms with Crippen LogP contribution in [0.3, 0.4) is 0 Å². The average molecular weight is 485 g/mol. The van der Waals surface area contributed by atoms with E-state index in [1.807, 2.05) is 0 Å². The highest BCUT2D eigenvalue weighted by Crippen LogP contribution is 2.54. The molecule has 1 amide bonds. The van der Waals surface area contributed by atoms with Crippen molar-refractivity contribution in [3.63, 3.8) is 0 Å². The van der Waals surface area contributed by atoms with Gasteiger partial charge in [0.25, 0.3) is 5.91 Å². The number of ketones is 2. The molecule has 3 aliphatic carbocycles. The number of hydrogen-bond donors (Lipinski definition) is 5. The first-order chi connectivity index (χ1) is 16.3. The van der Waals surface area contributed by atoms with E-state index in [0.29, 0.717) is 11.3 Å². The number of anilines is 1. The number of primary amides is 1. The fraction of sp³-hybridized carbons (Fsp3) is 0.417. The Labute approximate surface area is 201 Å². The van der Waals surface area contributed by atoms with Crippen molar-refractivity contribution in [2.45, 2.75) is 24.5 Å². The summed E-state index contributed by atoms with van der Waals surface area (Å²) in [4.78, 5) is 46.1. The number of phenols is 1. The summed E-state index contributed by atoms with van der Waals surface area (Å²) < 4.78 is 0. The zero-order valence-corrected chi connectivity index (χ0v) is 19.9. The molecule has 4 atom stereocenters. The van der Waals surface area contributed by atoms with Crippen molar-refractivity contribution in [3.05, 3.63) is 39.9 Å². The maximum atomic E-state index is 13.7. The number of aliphatic hydroxyl groups excluding tert-OH is 2. The molecule has 1 aromatic carbocycles. The Kier molecular flexibility index (Phi) is 5.53. The van der Waals surface area contributed by atoms with Crippen LogP contribution in [0.15, 0.2) is 33.7 Å². The van der Waals surface area contributed by atoms with Gasteiger partial charge in [-0.2, -0.15) is 0 Å². The highest BCUT2D eigenvalue weighted by Gasteiger charge is 2.63. The molecule has 35 heavy (non-hydrogen) atoms. The number of nitrogens with zero attached hydrogens (tertiary/aromatic N) is 3. The molecule has 3 aliphatic rings. The number of likely N-dealkylation sites (N-methyl/N-ethyl adjacent to an activating group) is 1. The second kappa shape index (κ2) is 7.92. The first-order valence-corrected chi connectivity index (χ1v) is 11.0. The highest BCUT2D eigenvalue weighted by molar-refractivity contribution is 6.25. The molecular weight excluding hydrogens is 456 g/mol. The summed E-state index contributed by atoms with van der Waals surface area (Å²) in [5.74, 6) is -6.93. The molecule has 11 nitrogen and oxygen atoms in total. The largest absolute Gasteiger partial charge is 0.510 e. The summed E-state index contributed by atoms with van der Waals surface area (Å²) >= 11 is 0. The minimum absolute atomic E-state index is 0.0286. The number of benzene rings is 1. The van der Waals surface area contributed by atoms with E-state index in [2.05, 4.69) is 11.7 Å². The highest BCUT2D eigenvalue weighted by atomic mass is 16.3. The van der Waals surface area contributed by atoms with Crippen molar-refractivity contribution in [3.8, 4) is 5.75 Å². The van der Waals surface area contributed by atoms with Crippen molar-refractivity contribution in [1.29, 1.82) is 0 Å². The van der Waals surface area contributed by atoms with Crippen LogP contribution in [-0.4, -0.2) is 89.4 Å². The number of phenolic OH excluding ortho intramolecular Hbond substituents is 1. The number of amides is 1. The molecule has 0 radical (unpaired) electrons. The number of rotatable bonds is 4. The minimum atomic E-state index is -2.67. The lowest BCUT2D eigenvalue weighted by Gasteiger charge is -2.50. The van der Waals surface area contributed by atoms with Crippen LogP contribution in [0, 0.1) is 11.8 Å². The summed E-state index contributed by atoms with van der Waals surface area (Å²) in [6, 6.07) is 0.567. The number of nitrogens with two attached hydrogens (primary N) is 1. The van der Waals surface area contributed by atoms with Gasteiger partial charge in [-0.05, 0) is 51.2 Å². The molecule has 186 valence electrons. The molecular formula is C24H28N4O7. The third-order valence-electron chi connectivity index (χ3n) is 7.33. The summed E-state index contributed by atoms with van der Waals surface area (Å²) in [5.41, 5.74) is 2.72. The molecule has 4 rings (SSSR count). The van der Waals surface area contributed by atoms with Crippen LogP contribution in [0.5, 0.6) is 5.75 Å². The van der Waals surface area contributed by atoms with Gasteiger partial charge < -0.3 is 31.1 Å². The van der Waals surface area contributed by atoms with Crippen LogP contribution in [0.25, 0.3) is 0 Å². The SMILES string of the molecule is C=Nc1cc(N(C)C)c2c(c1O)C(=O)C1=C(O)[C@]3(O)C(=O)C(C(N)=O)=C(O)[C@@H](N(C)C)[C@@H]3C[C@@H]1C2. The maximum absolute atomic E-state index is 13.7. The molecule has 0 saturated carbocycles. The Morgan fingerprint density at radius 1 is 1.20 bits per heavy atom. The molecule has 0 fully saturated rings. The Hall–Kier alpha value is -3.70. The molecule has 0 saturated heterocycles. The third kappa shape index (κ3) is 3.11. The zero-order valence-electron chi connectivity index (χ0n) is 19.9. The Morgan fingerprint density at radius 3 is 2.34 bits per heavy atom. The number of hydrogen-bond acceptors (Lipinski definition) is 10. The van der Waals surface area contributed by atoms with Gasteiger partial charge in [0.15, 0.2) is 17.1 Å². The second-order valence-electron chi connectivity index (χ2n) is 9.63. The van der Waals surface area contributed by atoms with E-state index in [-0.39, 0.29) is 29.7 Å². The number of aromatic hydroxyl groups is 1. The fourth-order valence-corrected chi connectivity index (χ4v) is 5.80. The first kappa shape index (κ1) is 24.4. The Bertz CT molecular complexity index is 1260. The van der Waals surface area contributed by atoms with Gasteiger partial charge in [-0.3, -0.25) is 24.3 Å². The van der Waals surface area contributed by atoms with Gasteiger partial charge in [-0.25, -0.2) is 0 Å². The van der Waals surface area contributed by atoms with Gasteiger partial charge in [0, 0.05) is 31.3 Å². The minimum Gasteiger partial charge on any atom is -0.510 e. The lowest BCUT2D eigenvalue weighted by atomic mass is 9.58. The van der Waals surface area contributed by atoms with E-state index in [4.69, 9.17) is 5.73 Å². The van der Waals surface area contributed by atoms with E-state index >= 15 is 0 Å². The lowest BCUT2D eigenvalue weighted by molar-refractivity contribution is -0.148. The zero-order chi connectivity index (χ0) is 26.1. The molecule has 0 aromatic heterocycles. The number of allylic oxidation sites excluding steroid dienone is 1. The number of Topliss-reactive ketones (excluding diaryl/α,β-unsaturated/α-hetero) is 2. The second-order valence-corrected chi connectivity index (χ2v) is 9.63. The van der Waals surface area contributed by atoms with Crippen molar-refractivity contribution < 1.29 is 34.8 Å². The number of carbonyl (C=O) groups excluding carboxylic acids is 3. The molecule has 6 N–H and O–H groups in total. The summed E-state index contributed by atoms with van der Waals surface area (Å²) in [6.07, 6.45) is 0.230. The molecule has 0 unspecified atom stereocenters. The molecule has 11 heteroatoms. The van der Waals surface area contributed by atoms with Gasteiger partial charge in [0.05, 0.1) is 11.6 Å². The third-order valence-corrected chi connectivity index (χ3v) is 7.33. The summed E-state index contributed by atoms with van der Waals surface area (Å²) in [7, 11) is 6.70. The maximum Gasteiger partial charge on any atom is 0.255 e. The van der Waals surface area contributed by atoms with Gasteiger partial charge in [-0.1, -0.05) is 0 Å². The van der Waals surface area contributed by atoms with Crippen LogP contribution >= 0.6 is 0 Å². The van der Waals surface area contributed by atoms with E-state index < -0.39 is 63.8 Å². The Balaban J connectivity index is 2.01. The van der Waals surface area contributed by atoms with Gasteiger partial charge in [-0.15, -0.1) is 0 Å². The van der Waals surface area contributed by atoms with Crippen LogP contribution in [0.1, 0.15) is 22.3 Å². The lowest BCUT2D eigenvalue weighted by Crippen LogP contribution is -2.63. The van der Waals surface area contributed by atoms with Crippen molar-refractivity contribution in [2.24, 2.45) is 22.6 Å². The van der Waals surface area contributed by atoms with Gasteiger partial charge in [0.1, 0.15) is 22.8 Å². The number of carbonyl (C=O) groups is 3. The van der Waals surface area contributed by atoms with Crippen LogP contribution in [0.2, 0.25) is 0 Å². The van der Waals surface area contributed by atoms with Crippen LogP contribution < -0.4 is 10.6 Å². The molecule has 0 spiro atoms. The average Bonchev–Trinajstić information content (AvgIpc) is 2.75. The van der Waals surface area contributed by atoms with Crippen molar-refractivity contribution in [1.82, 2.24) is 4.90 Å². The van der Waals surface area contributed by atoms with Gasteiger partial charge in [0.2, 0.25) is 5.78 Å². The topological polar surface area (TPSA) is 177 Å². The quantitative estimate of drug-likeness (QED) is 0.301. The van der Waals surface area contributed by atoms with Crippen LogP contribution in [0.4, 0.5) is 11.4 Å². The standard InChI is InChI=1S/C24H28N4O7/c1-26-12-8-13(27(2)3)10-6-9-7-11-17(28(4)5)20(31)16(23(25)34)22(33)24(11,35)21(32)14(9)19(30)15(10)18(12)29/h8-9,11,17,29,31-32,35H,1,6-7H2,2-5H3,(H2,25,34)/t9-,11-,17-,24-/m0/s1. The molecule has 0 aliphatic heterocycles. The van der Waals surface area contributed by atoms with Crippen molar-refractivity contribution in [2.75, 3.05) is 33.1 Å². The normalized spacial score (nSPS) is 28.0. The van der Waals surface area contributed by atoms with Crippen molar-refractivity contribution >= 4 is 35.6 Å². The summed E-state index contributed by atoms with van der Waals surface area (Å²) in [5, 5.41) is 44.5. The molecule has 0 heterocycles. The number of aliphatic imine (C=N–C) groups is 1. The number of fused-ring (bicyclic) bond motifs is 3. The molecule has 0 bridgehead atoms. The van der Waals surface area contributed by atoms with Crippen LogP contribution in [-0.2, 0) is 16.0 Å². The number of aliphatic hydroxyl groups is 3. The molecule has 1 aromatic rings. The first-order valence-electron chi connectivity index (χ1n) is 11.0. The summed E-state index contributed by atoms with van der Waals surface area (Å²) in [6.45, 7) is 3.43. The Morgan fingerprint density at radius 2 is 1.83 bits per heavy atom. The van der Waals surface area contributed by atoms with E-state index in [1.165, 1.54) is 4.90 Å². The van der Waals surface area contributed by atoms with E-state index in [0.717, 1.165) is 0 Å². The predicted molar refractivity (Wildman–Crippen MR) is 127 cm³/mol. The van der Waals surface area contributed by atoms with Gasteiger partial charge >= 0.3 is 0 Å².